The molecule has 27 heavy (non-hydrogen) atoms. The zero-order valence-electron chi connectivity index (χ0n) is 15.8. The molecule has 2 aromatic rings. The lowest BCUT2D eigenvalue weighted by molar-refractivity contribution is -0.117. The normalized spacial score (nSPS) is 14.1. The van der Waals surface area contributed by atoms with Crippen molar-refractivity contribution in [3.63, 3.8) is 0 Å². The third-order valence-electron chi connectivity index (χ3n) is 4.45. The van der Waals surface area contributed by atoms with Crippen LogP contribution in [-0.2, 0) is 11.3 Å². The van der Waals surface area contributed by atoms with Crippen molar-refractivity contribution in [1.82, 2.24) is 15.0 Å². The Morgan fingerprint density at radius 1 is 1.26 bits per heavy atom. The molecule has 144 valence electrons. The van der Waals surface area contributed by atoms with Gasteiger partial charge in [-0.05, 0) is 30.9 Å². The predicted octanol–water partition coefficient (Wildman–Crippen LogP) is 3.39. The second kappa shape index (κ2) is 7.48. The monoisotopic (exact) mass is 408 g/mol. The molecule has 0 aliphatic carbocycles. The van der Waals surface area contributed by atoms with E-state index in [4.69, 9.17) is 28.9 Å². The van der Waals surface area contributed by atoms with E-state index in [2.05, 4.69) is 15.0 Å². The van der Waals surface area contributed by atoms with Gasteiger partial charge in [0.1, 0.15) is 5.69 Å². The third-order valence-corrected chi connectivity index (χ3v) is 5.29. The molecule has 9 heteroatoms. The van der Waals surface area contributed by atoms with Gasteiger partial charge in [0, 0.05) is 17.8 Å². The zero-order chi connectivity index (χ0) is 19.9. The van der Waals surface area contributed by atoms with Crippen LogP contribution >= 0.6 is 23.2 Å². The molecule has 0 saturated heterocycles. The van der Waals surface area contributed by atoms with Gasteiger partial charge in [-0.15, -0.1) is 0 Å². The second-order valence-electron chi connectivity index (χ2n) is 7.13. The highest BCUT2D eigenvalue weighted by Crippen LogP contribution is 2.39. The number of halogens is 2. The Morgan fingerprint density at radius 3 is 2.63 bits per heavy atom. The van der Waals surface area contributed by atoms with Crippen LogP contribution in [-0.4, -0.2) is 33.9 Å². The standard InChI is InChI=1S/C18H22Cl2N6O/c1-9(2)6-26-13(27)8-25(17-15(26)16(20)23-18(21)24-17)7-12-11(4)14(19)10(3)5-22-12/h5,9H,6-8H2,1-4H3,(H2,21,23,24). The summed E-state index contributed by atoms with van der Waals surface area (Å²) in [5.74, 6) is 0.795. The van der Waals surface area contributed by atoms with Gasteiger partial charge in [-0.1, -0.05) is 37.0 Å². The Bertz CT molecular complexity index is 902. The fourth-order valence-electron chi connectivity index (χ4n) is 3.11. The van der Waals surface area contributed by atoms with Gasteiger partial charge in [0.15, 0.2) is 11.0 Å². The molecule has 7 nitrogen and oxygen atoms in total. The maximum atomic E-state index is 12.8. The van der Waals surface area contributed by atoms with Crippen LogP contribution in [0.15, 0.2) is 6.20 Å². The van der Waals surface area contributed by atoms with Crippen molar-refractivity contribution >= 4 is 46.6 Å². The largest absolute Gasteiger partial charge is 0.368 e. The summed E-state index contributed by atoms with van der Waals surface area (Å²) < 4.78 is 0. The number of anilines is 3. The summed E-state index contributed by atoms with van der Waals surface area (Å²) >= 11 is 12.7. The minimum Gasteiger partial charge on any atom is -0.368 e. The Labute approximate surface area is 168 Å². The van der Waals surface area contributed by atoms with Crippen molar-refractivity contribution in [2.45, 2.75) is 34.2 Å². The van der Waals surface area contributed by atoms with Crippen molar-refractivity contribution in [2.75, 3.05) is 28.6 Å². The van der Waals surface area contributed by atoms with Gasteiger partial charge in [0.05, 0.1) is 18.8 Å². The minimum atomic E-state index is -0.0673. The van der Waals surface area contributed by atoms with Gasteiger partial charge in [0.2, 0.25) is 11.9 Å². The average Bonchev–Trinajstić information content (AvgIpc) is 2.58. The number of nitrogen functional groups attached to an aromatic ring is 1. The first kappa shape index (κ1) is 19.6. The number of aromatic nitrogens is 3. The SMILES string of the molecule is Cc1cnc(CN2CC(=O)N(CC(C)C)c3c(Cl)nc(N)nc32)c(C)c1Cl. The van der Waals surface area contributed by atoms with Crippen molar-refractivity contribution in [2.24, 2.45) is 5.92 Å². The van der Waals surface area contributed by atoms with E-state index in [0.717, 1.165) is 16.8 Å². The summed E-state index contributed by atoms with van der Waals surface area (Å²) in [6, 6.07) is 0. The number of rotatable bonds is 4. The maximum absolute atomic E-state index is 12.8. The van der Waals surface area contributed by atoms with E-state index in [1.54, 1.807) is 11.1 Å². The molecule has 0 atom stereocenters. The highest BCUT2D eigenvalue weighted by atomic mass is 35.5. The highest BCUT2D eigenvalue weighted by molar-refractivity contribution is 6.34. The highest BCUT2D eigenvalue weighted by Gasteiger charge is 2.34. The van der Waals surface area contributed by atoms with Gasteiger partial charge in [-0.2, -0.15) is 9.97 Å². The number of fused-ring (bicyclic) bond motifs is 1. The number of amides is 1. The molecule has 0 radical (unpaired) electrons. The van der Waals surface area contributed by atoms with Crippen LogP contribution in [0.3, 0.4) is 0 Å². The molecule has 1 amide bonds. The number of carbonyl (C=O) groups is 1. The molecule has 2 aromatic heterocycles. The zero-order valence-corrected chi connectivity index (χ0v) is 17.3. The Balaban J connectivity index is 2.06. The predicted molar refractivity (Wildman–Crippen MR) is 108 cm³/mol. The van der Waals surface area contributed by atoms with E-state index >= 15 is 0 Å². The molecule has 0 bridgehead atoms. The molecule has 0 fully saturated rings. The van der Waals surface area contributed by atoms with Crippen LogP contribution < -0.4 is 15.5 Å². The fraction of sp³-hybridized carbons (Fsp3) is 0.444. The summed E-state index contributed by atoms with van der Waals surface area (Å²) in [5.41, 5.74) is 8.87. The number of aryl methyl sites for hydroxylation is 1. The third kappa shape index (κ3) is 3.80. The van der Waals surface area contributed by atoms with E-state index in [9.17, 15) is 4.79 Å². The summed E-state index contributed by atoms with van der Waals surface area (Å²) in [6.07, 6.45) is 1.73. The summed E-state index contributed by atoms with van der Waals surface area (Å²) in [5, 5.41) is 0.841. The molecule has 1 aliphatic heterocycles. The quantitative estimate of drug-likeness (QED) is 0.779. The number of nitrogens with two attached hydrogens (primary N) is 1. The molecule has 3 heterocycles. The smallest absolute Gasteiger partial charge is 0.246 e. The van der Waals surface area contributed by atoms with Gasteiger partial charge >= 0.3 is 0 Å². The van der Waals surface area contributed by atoms with Crippen molar-refractivity contribution in [1.29, 1.82) is 0 Å². The Morgan fingerprint density at radius 2 is 1.96 bits per heavy atom. The molecule has 3 rings (SSSR count). The summed E-state index contributed by atoms with van der Waals surface area (Å²) in [6.45, 7) is 8.94. The molecule has 0 saturated carbocycles. The molecule has 2 N–H and O–H groups in total. The van der Waals surface area contributed by atoms with Gasteiger partial charge in [0.25, 0.3) is 0 Å². The van der Waals surface area contributed by atoms with Crippen molar-refractivity contribution in [3.8, 4) is 0 Å². The molecule has 0 unspecified atom stereocenters. The average molecular weight is 409 g/mol. The molecular weight excluding hydrogens is 387 g/mol. The van der Waals surface area contributed by atoms with Crippen molar-refractivity contribution < 1.29 is 4.79 Å². The maximum Gasteiger partial charge on any atom is 0.246 e. The van der Waals surface area contributed by atoms with Crippen LogP contribution in [0.1, 0.15) is 30.7 Å². The van der Waals surface area contributed by atoms with Crippen LogP contribution in [0.4, 0.5) is 17.5 Å². The lowest BCUT2D eigenvalue weighted by atomic mass is 10.1. The molecular formula is C18H22Cl2N6O. The number of pyridine rings is 1. The van der Waals surface area contributed by atoms with E-state index in [-0.39, 0.29) is 29.5 Å². The van der Waals surface area contributed by atoms with Crippen LogP contribution in [0.25, 0.3) is 0 Å². The molecule has 0 spiro atoms. The fourth-order valence-corrected chi connectivity index (χ4v) is 3.54. The number of nitrogens with zero attached hydrogens (tertiary/aromatic N) is 5. The van der Waals surface area contributed by atoms with Gasteiger partial charge in [-0.25, -0.2) is 0 Å². The summed E-state index contributed by atoms with van der Waals surface area (Å²) in [7, 11) is 0. The topological polar surface area (TPSA) is 88.2 Å². The number of hydrogen-bond acceptors (Lipinski definition) is 6. The van der Waals surface area contributed by atoms with E-state index in [1.807, 2.05) is 32.6 Å². The Kier molecular flexibility index (Phi) is 5.44. The number of hydrogen-bond donors (Lipinski definition) is 1. The van der Waals surface area contributed by atoms with E-state index in [1.165, 1.54) is 0 Å². The van der Waals surface area contributed by atoms with Gasteiger partial charge in [-0.3, -0.25) is 9.78 Å². The lowest BCUT2D eigenvalue weighted by Crippen LogP contribution is -2.47. The van der Waals surface area contributed by atoms with Crippen LogP contribution in [0.2, 0.25) is 10.2 Å². The van der Waals surface area contributed by atoms with Gasteiger partial charge < -0.3 is 15.5 Å². The first-order chi connectivity index (χ1) is 12.7. The van der Waals surface area contributed by atoms with E-state index in [0.29, 0.717) is 29.6 Å². The number of carbonyl (C=O) groups excluding carboxylic acids is 1. The molecule has 0 aromatic carbocycles. The first-order valence-electron chi connectivity index (χ1n) is 8.68. The molecule has 1 aliphatic rings. The minimum absolute atomic E-state index is 0.0641. The van der Waals surface area contributed by atoms with Crippen LogP contribution in [0, 0.1) is 19.8 Å². The van der Waals surface area contributed by atoms with Crippen LogP contribution in [0.5, 0.6) is 0 Å². The first-order valence-corrected chi connectivity index (χ1v) is 9.43. The second-order valence-corrected chi connectivity index (χ2v) is 7.86. The summed E-state index contributed by atoms with van der Waals surface area (Å²) in [4.78, 5) is 29.2. The Hall–Kier alpha value is -2.12. The lowest BCUT2D eigenvalue weighted by Gasteiger charge is -2.37. The van der Waals surface area contributed by atoms with E-state index < -0.39 is 0 Å². The van der Waals surface area contributed by atoms with Crippen molar-refractivity contribution in [3.05, 3.63) is 33.2 Å².